The Kier molecular flexibility index (Phi) is 7.03. The van der Waals surface area contributed by atoms with Gasteiger partial charge in [0.05, 0.1) is 24.3 Å². The number of thiocarbonyl (C=S) groups is 1. The number of halogens is 1. The van der Waals surface area contributed by atoms with Crippen LogP contribution in [0.25, 0.3) is 0 Å². The molecular weight excluding hydrogens is 360 g/mol. The lowest BCUT2D eigenvalue weighted by molar-refractivity contribution is 0.0601. The van der Waals surface area contributed by atoms with Crippen LogP contribution in [0.1, 0.15) is 22.8 Å². The van der Waals surface area contributed by atoms with E-state index < -0.39 is 5.97 Å². The molecular formula is C18H19ClN2O3S. The summed E-state index contributed by atoms with van der Waals surface area (Å²) in [6.07, 6.45) is 0. The fourth-order valence-electron chi connectivity index (χ4n) is 2.10. The molecule has 25 heavy (non-hydrogen) atoms. The van der Waals surface area contributed by atoms with Gasteiger partial charge in [0, 0.05) is 12.2 Å². The smallest absolute Gasteiger partial charge is 0.339 e. The molecule has 0 bridgehead atoms. The standard InChI is InChI=1S/C18H19ClN2O3S/c1-3-24-14-7-4-12(5-8-14)11-20-18(25)21-13-6-9-16(19)15(10-13)17(22)23-2/h4-10H,3,11H2,1-2H3,(H2,20,21,25). The Balaban J connectivity index is 1.93. The first kappa shape index (κ1) is 19.0. The van der Waals surface area contributed by atoms with Gasteiger partial charge in [0.1, 0.15) is 5.75 Å². The molecule has 0 spiro atoms. The molecule has 0 aliphatic heterocycles. The lowest BCUT2D eigenvalue weighted by Crippen LogP contribution is -2.28. The molecule has 132 valence electrons. The third-order valence-corrected chi connectivity index (χ3v) is 3.89. The number of hydrogen-bond donors (Lipinski definition) is 2. The molecule has 0 aromatic heterocycles. The summed E-state index contributed by atoms with van der Waals surface area (Å²) in [5.74, 6) is 0.338. The molecule has 2 rings (SSSR count). The second kappa shape index (κ2) is 9.25. The van der Waals surface area contributed by atoms with Crippen LogP contribution in [0.3, 0.4) is 0 Å². The van der Waals surface area contributed by atoms with Gasteiger partial charge in [0.25, 0.3) is 0 Å². The SMILES string of the molecule is CCOc1ccc(CNC(=S)Nc2ccc(Cl)c(C(=O)OC)c2)cc1. The summed E-state index contributed by atoms with van der Waals surface area (Å²) >= 11 is 11.3. The highest BCUT2D eigenvalue weighted by Crippen LogP contribution is 2.21. The minimum absolute atomic E-state index is 0.281. The minimum Gasteiger partial charge on any atom is -0.494 e. The number of rotatable bonds is 6. The molecule has 0 aliphatic carbocycles. The number of hydrogen-bond acceptors (Lipinski definition) is 4. The summed E-state index contributed by atoms with van der Waals surface area (Å²) in [6.45, 7) is 3.15. The lowest BCUT2D eigenvalue weighted by Gasteiger charge is -2.12. The first-order chi connectivity index (χ1) is 12.0. The number of benzene rings is 2. The summed E-state index contributed by atoms with van der Waals surface area (Å²) in [7, 11) is 1.31. The maximum Gasteiger partial charge on any atom is 0.339 e. The zero-order valence-corrected chi connectivity index (χ0v) is 15.5. The number of esters is 1. The van der Waals surface area contributed by atoms with Crippen molar-refractivity contribution >= 4 is 40.6 Å². The number of carbonyl (C=O) groups excluding carboxylic acids is 1. The van der Waals surface area contributed by atoms with Crippen molar-refractivity contribution in [1.82, 2.24) is 5.32 Å². The van der Waals surface area contributed by atoms with E-state index in [1.54, 1.807) is 18.2 Å². The molecule has 0 amide bonds. The zero-order chi connectivity index (χ0) is 18.2. The van der Waals surface area contributed by atoms with Crippen LogP contribution < -0.4 is 15.4 Å². The highest BCUT2D eigenvalue weighted by molar-refractivity contribution is 7.80. The molecule has 2 N–H and O–H groups in total. The predicted octanol–water partition coefficient (Wildman–Crippen LogP) is 4.01. The van der Waals surface area contributed by atoms with E-state index in [9.17, 15) is 4.79 Å². The van der Waals surface area contributed by atoms with Crippen LogP contribution in [-0.4, -0.2) is 24.8 Å². The number of anilines is 1. The Labute approximate surface area is 157 Å². The van der Waals surface area contributed by atoms with E-state index in [2.05, 4.69) is 10.6 Å². The van der Waals surface area contributed by atoms with Crippen molar-refractivity contribution in [2.75, 3.05) is 19.0 Å². The molecule has 0 heterocycles. The van der Waals surface area contributed by atoms with Crippen molar-refractivity contribution in [2.24, 2.45) is 0 Å². The third-order valence-electron chi connectivity index (χ3n) is 3.32. The highest BCUT2D eigenvalue weighted by atomic mass is 35.5. The van der Waals surface area contributed by atoms with Gasteiger partial charge in [-0.1, -0.05) is 23.7 Å². The van der Waals surface area contributed by atoms with Crippen molar-refractivity contribution in [1.29, 1.82) is 0 Å². The maximum atomic E-state index is 11.7. The van der Waals surface area contributed by atoms with Crippen molar-refractivity contribution < 1.29 is 14.3 Å². The topological polar surface area (TPSA) is 59.6 Å². The Hall–Kier alpha value is -2.31. The second-order valence-corrected chi connectivity index (χ2v) is 5.89. The molecule has 0 unspecified atom stereocenters. The van der Waals surface area contributed by atoms with Crippen LogP contribution in [0.2, 0.25) is 5.02 Å². The number of nitrogens with one attached hydrogen (secondary N) is 2. The highest BCUT2D eigenvalue weighted by Gasteiger charge is 2.11. The monoisotopic (exact) mass is 378 g/mol. The van der Waals surface area contributed by atoms with Crippen LogP contribution >= 0.6 is 23.8 Å². The van der Waals surface area contributed by atoms with Gasteiger partial charge >= 0.3 is 5.97 Å². The van der Waals surface area contributed by atoms with Crippen LogP contribution in [0.5, 0.6) is 5.75 Å². The van der Waals surface area contributed by atoms with E-state index >= 15 is 0 Å². The van der Waals surface area contributed by atoms with Crippen molar-refractivity contribution in [2.45, 2.75) is 13.5 Å². The lowest BCUT2D eigenvalue weighted by atomic mass is 10.2. The molecule has 0 aliphatic rings. The fourth-order valence-corrected chi connectivity index (χ4v) is 2.48. The van der Waals surface area contributed by atoms with Gasteiger partial charge in [-0.25, -0.2) is 4.79 Å². The molecule has 0 saturated carbocycles. The van der Waals surface area contributed by atoms with Gasteiger partial charge in [0.15, 0.2) is 5.11 Å². The van der Waals surface area contributed by atoms with E-state index in [0.29, 0.717) is 29.0 Å². The van der Waals surface area contributed by atoms with E-state index in [-0.39, 0.29) is 5.56 Å². The first-order valence-electron chi connectivity index (χ1n) is 7.68. The molecule has 0 fully saturated rings. The van der Waals surface area contributed by atoms with Gasteiger partial charge in [-0.2, -0.15) is 0 Å². The largest absolute Gasteiger partial charge is 0.494 e. The van der Waals surface area contributed by atoms with E-state index in [0.717, 1.165) is 11.3 Å². The third kappa shape index (κ3) is 5.62. The fraction of sp³-hybridized carbons (Fsp3) is 0.222. The van der Waals surface area contributed by atoms with E-state index in [4.69, 9.17) is 33.3 Å². The maximum absolute atomic E-state index is 11.7. The molecule has 2 aromatic rings. The van der Waals surface area contributed by atoms with Gasteiger partial charge in [0.2, 0.25) is 0 Å². The average molecular weight is 379 g/mol. The van der Waals surface area contributed by atoms with Gasteiger partial charge < -0.3 is 20.1 Å². The average Bonchev–Trinajstić information content (AvgIpc) is 2.62. The quantitative estimate of drug-likeness (QED) is 0.585. The molecule has 2 aromatic carbocycles. The number of carbonyl (C=O) groups is 1. The summed E-state index contributed by atoms with van der Waals surface area (Å²) in [4.78, 5) is 11.7. The predicted molar refractivity (Wildman–Crippen MR) is 103 cm³/mol. The van der Waals surface area contributed by atoms with E-state index in [1.165, 1.54) is 7.11 Å². The first-order valence-corrected chi connectivity index (χ1v) is 8.46. The van der Waals surface area contributed by atoms with Crippen LogP contribution in [0.15, 0.2) is 42.5 Å². The molecule has 7 heteroatoms. The number of ether oxygens (including phenoxy) is 2. The van der Waals surface area contributed by atoms with Gasteiger partial charge in [-0.3, -0.25) is 0 Å². The van der Waals surface area contributed by atoms with Crippen LogP contribution in [-0.2, 0) is 11.3 Å². The molecule has 5 nitrogen and oxygen atoms in total. The van der Waals surface area contributed by atoms with Crippen LogP contribution in [0.4, 0.5) is 5.69 Å². The van der Waals surface area contributed by atoms with Crippen LogP contribution in [0, 0.1) is 0 Å². The Morgan fingerprint density at radius 1 is 1.20 bits per heavy atom. The van der Waals surface area contributed by atoms with Gasteiger partial charge in [-0.05, 0) is 55.0 Å². The normalized spacial score (nSPS) is 10.0. The number of methoxy groups -OCH3 is 1. The Bertz CT molecular complexity index is 750. The summed E-state index contributed by atoms with van der Waals surface area (Å²) in [5, 5.41) is 6.89. The molecule has 0 atom stereocenters. The van der Waals surface area contributed by atoms with Crippen molar-refractivity contribution in [3.05, 3.63) is 58.6 Å². The summed E-state index contributed by atoms with van der Waals surface area (Å²) < 4.78 is 10.1. The zero-order valence-electron chi connectivity index (χ0n) is 14.0. The Morgan fingerprint density at radius 3 is 2.56 bits per heavy atom. The second-order valence-electron chi connectivity index (χ2n) is 5.07. The molecule has 0 saturated heterocycles. The summed E-state index contributed by atoms with van der Waals surface area (Å²) in [6, 6.07) is 12.7. The van der Waals surface area contributed by atoms with Crippen molar-refractivity contribution in [3.8, 4) is 5.75 Å². The minimum atomic E-state index is -0.498. The Morgan fingerprint density at radius 2 is 1.92 bits per heavy atom. The van der Waals surface area contributed by atoms with Gasteiger partial charge in [-0.15, -0.1) is 0 Å². The van der Waals surface area contributed by atoms with Crippen molar-refractivity contribution in [3.63, 3.8) is 0 Å². The summed E-state index contributed by atoms with van der Waals surface area (Å²) in [5.41, 5.74) is 2.00. The molecule has 0 radical (unpaired) electrons. The van der Waals surface area contributed by atoms with E-state index in [1.807, 2.05) is 31.2 Å².